The first-order valence-electron chi connectivity index (χ1n) is 2.57. The predicted molar refractivity (Wildman–Crippen MR) is 42.1 cm³/mol. The number of hydrogen-bond donors (Lipinski definition) is 0. The SMILES string of the molecule is [B]c1cncc(Br)c1C. The Kier molecular flexibility index (Phi) is 1.91. The van der Waals surface area contributed by atoms with Crippen LogP contribution in [0.2, 0.25) is 0 Å². The van der Waals surface area contributed by atoms with Crippen LogP contribution < -0.4 is 5.46 Å². The van der Waals surface area contributed by atoms with Gasteiger partial charge in [0.1, 0.15) is 7.85 Å². The number of halogens is 1. The first kappa shape index (κ1) is 6.81. The van der Waals surface area contributed by atoms with Gasteiger partial charge in [0.15, 0.2) is 0 Å². The maximum absolute atomic E-state index is 5.53. The van der Waals surface area contributed by atoms with Gasteiger partial charge in [-0.1, -0.05) is 5.46 Å². The van der Waals surface area contributed by atoms with Gasteiger partial charge in [0.2, 0.25) is 0 Å². The molecule has 0 aliphatic carbocycles. The van der Waals surface area contributed by atoms with Crippen LogP contribution in [0.1, 0.15) is 5.56 Å². The van der Waals surface area contributed by atoms with Crippen molar-refractivity contribution in [3.05, 3.63) is 22.4 Å². The van der Waals surface area contributed by atoms with Crippen molar-refractivity contribution >= 4 is 29.2 Å². The third-order valence-electron chi connectivity index (χ3n) is 1.19. The van der Waals surface area contributed by atoms with Crippen LogP contribution in [0.15, 0.2) is 16.9 Å². The van der Waals surface area contributed by atoms with Crippen molar-refractivity contribution in [1.29, 1.82) is 0 Å². The van der Waals surface area contributed by atoms with E-state index in [0.717, 1.165) is 15.5 Å². The summed E-state index contributed by atoms with van der Waals surface area (Å²) in [6.45, 7) is 1.95. The summed E-state index contributed by atoms with van der Waals surface area (Å²) in [5.74, 6) is 0. The average Bonchev–Trinajstić information content (AvgIpc) is 1.83. The highest BCUT2D eigenvalue weighted by Crippen LogP contribution is 2.09. The lowest BCUT2D eigenvalue weighted by Crippen LogP contribution is -2.07. The highest BCUT2D eigenvalue weighted by Gasteiger charge is 1.94. The molecule has 1 aromatic rings. The van der Waals surface area contributed by atoms with E-state index < -0.39 is 0 Å². The second kappa shape index (κ2) is 2.52. The summed E-state index contributed by atoms with van der Waals surface area (Å²) in [4.78, 5) is 3.87. The summed E-state index contributed by atoms with van der Waals surface area (Å²) < 4.78 is 0.961. The third kappa shape index (κ3) is 1.33. The van der Waals surface area contributed by atoms with Crippen LogP contribution >= 0.6 is 15.9 Å². The Labute approximate surface area is 64.0 Å². The van der Waals surface area contributed by atoms with Crippen molar-refractivity contribution in [2.24, 2.45) is 0 Å². The lowest BCUT2D eigenvalue weighted by Gasteiger charge is -1.98. The molecule has 1 rings (SSSR count). The van der Waals surface area contributed by atoms with Gasteiger partial charge in [0, 0.05) is 16.9 Å². The average molecular weight is 182 g/mol. The van der Waals surface area contributed by atoms with Crippen LogP contribution in [0.25, 0.3) is 0 Å². The van der Waals surface area contributed by atoms with Gasteiger partial charge in [0.05, 0.1) is 0 Å². The van der Waals surface area contributed by atoms with E-state index in [9.17, 15) is 0 Å². The topological polar surface area (TPSA) is 12.9 Å². The molecule has 0 spiro atoms. The van der Waals surface area contributed by atoms with Crippen molar-refractivity contribution in [1.82, 2.24) is 4.98 Å². The van der Waals surface area contributed by atoms with Crippen LogP contribution in [-0.4, -0.2) is 12.8 Å². The Morgan fingerprint density at radius 2 is 2.22 bits per heavy atom. The Hall–Kier alpha value is -0.305. The molecule has 0 unspecified atom stereocenters. The second-order valence-electron chi connectivity index (χ2n) is 1.84. The fourth-order valence-electron chi connectivity index (χ4n) is 0.515. The van der Waals surface area contributed by atoms with Crippen molar-refractivity contribution in [2.45, 2.75) is 6.92 Å². The third-order valence-corrected chi connectivity index (χ3v) is 1.99. The number of nitrogens with zero attached hydrogens (tertiary/aromatic N) is 1. The zero-order chi connectivity index (χ0) is 6.85. The maximum atomic E-state index is 5.53. The molecule has 1 heterocycles. The molecule has 0 aliphatic rings. The lowest BCUT2D eigenvalue weighted by atomic mass is 9.94. The zero-order valence-corrected chi connectivity index (χ0v) is 6.64. The van der Waals surface area contributed by atoms with E-state index in [1.807, 2.05) is 6.92 Å². The van der Waals surface area contributed by atoms with Crippen molar-refractivity contribution in [2.75, 3.05) is 0 Å². The minimum Gasteiger partial charge on any atom is -0.264 e. The Morgan fingerprint density at radius 1 is 1.56 bits per heavy atom. The standard InChI is InChI=1S/C6H5BBrN/c1-4-5(7)2-9-3-6(4)8/h2-3H,1H3. The van der Waals surface area contributed by atoms with Gasteiger partial charge in [-0.05, 0) is 28.4 Å². The van der Waals surface area contributed by atoms with Crippen molar-refractivity contribution in [3.8, 4) is 0 Å². The minimum absolute atomic E-state index is 0.726. The molecule has 2 radical (unpaired) electrons. The van der Waals surface area contributed by atoms with Gasteiger partial charge in [0.25, 0.3) is 0 Å². The van der Waals surface area contributed by atoms with Gasteiger partial charge in [-0.25, -0.2) is 0 Å². The predicted octanol–water partition coefficient (Wildman–Crippen LogP) is 0.946. The molecular formula is C6H5BBrN. The van der Waals surface area contributed by atoms with Gasteiger partial charge < -0.3 is 0 Å². The van der Waals surface area contributed by atoms with E-state index in [1.165, 1.54) is 0 Å². The smallest absolute Gasteiger partial charge is 0.116 e. The number of rotatable bonds is 0. The van der Waals surface area contributed by atoms with Crippen LogP contribution in [0.4, 0.5) is 0 Å². The van der Waals surface area contributed by atoms with E-state index in [4.69, 9.17) is 7.85 Å². The molecule has 0 saturated heterocycles. The molecule has 0 atom stereocenters. The summed E-state index contributed by atoms with van der Waals surface area (Å²) >= 11 is 3.30. The fourth-order valence-corrected chi connectivity index (χ4v) is 0.862. The molecule has 0 aromatic carbocycles. The Balaban J connectivity index is 3.25. The van der Waals surface area contributed by atoms with Gasteiger partial charge in [-0.2, -0.15) is 0 Å². The van der Waals surface area contributed by atoms with Gasteiger partial charge >= 0.3 is 0 Å². The van der Waals surface area contributed by atoms with Gasteiger partial charge in [-0.15, -0.1) is 0 Å². The highest BCUT2D eigenvalue weighted by atomic mass is 79.9. The van der Waals surface area contributed by atoms with Crippen LogP contribution in [0.5, 0.6) is 0 Å². The molecule has 0 fully saturated rings. The quantitative estimate of drug-likeness (QED) is 0.544. The first-order chi connectivity index (χ1) is 4.22. The van der Waals surface area contributed by atoms with Crippen LogP contribution in [-0.2, 0) is 0 Å². The molecule has 0 amide bonds. The number of aromatic nitrogens is 1. The molecule has 1 aromatic heterocycles. The van der Waals surface area contributed by atoms with E-state index in [1.54, 1.807) is 12.4 Å². The minimum atomic E-state index is 0.726. The van der Waals surface area contributed by atoms with Crippen LogP contribution in [0, 0.1) is 6.92 Å². The maximum Gasteiger partial charge on any atom is 0.116 e. The van der Waals surface area contributed by atoms with E-state index in [0.29, 0.717) is 0 Å². The molecule has 0 aliphatic heterocycles. The molecule has 1 nitrogen and oxygen atoms in total. The normalized spacial score (nSPS) is 9.56. The second-order valence-corrected chi connectivity index (χ2v) is 2.69. The fraction of sp³-hybridized carbons (Fsp3) is 0.167. The molecule has 3 heteroatoms. The molecule has 0 saturated carbocycles. The molecular weight excluding hydrogens is 177 g/mol. The van der Waals surface area contributed by atoms with E-state index in [-0.39, 0.29) is 0 Å². The number of hydrogen-bond acceptors (Lipinski definition) is 1. The largest absolute Gasteiger partial charge is 0.264 e. The molecule has 0 N–H and O–H groups in total. The summed E-state index contributed by atoms with van der Waals surface area (Å²) in [7, 11) is 5.53. The van der Waals surface area contributed by atoms with E-state index in [2.05, 4.69) is 20.9 Å². The summed E-state index contributed by atoms with van der Waals surface area (Å²) in [5.41, 5.74) is 1.77. The molecule has 0 bridgehead atoms. The Bertz CT molecular complexity index is 204. The molecule has 44 valence electrons. The first-order valence-corrected chi connectivity index (χ1v) is 3.36. The molecule has 9 heavy (non-hydrogen) atoms. The van der Waals surface area contributed by atoms with Crippen LogP contribution in [0.3, 0.4) is 0 Å². The van der Waals surface area contributed by atoms with Crippen molar-refractivity contribution < 1.29 is 0 Å². The zero-order valence-electron chi connectivity index (χ0n) is 5.06. The Morgan fingerprint density at radius 3 is 2.67 bits per heavy atom. The summed E-state index contributed by atoms with van der Waals surface area (Å²) in [6.07, 6.45) is 3.37. The highest BCUT2D eigenvalue weighted by molar-refractivity contribution is 9.10. The summed E-state index contributed by atoms with van der Waals surface area (Å²) in [5, 5.41) is 0. The number of pyridine rings is 1. The monoisotopic (exact) mass is 181 g/mol. The summed E-state index contributed by atoms with van der Waals surface area (Å²) in [6, 6.07) is 0. The van der Waals surface area contributed by atoms with E-state index >= 15 is 0 Å². The van der Waals surface area contributed by atoms with Crippen molar-refractivity contribution in [3.63, 3.8) is 0 Å². The lowest BCUT2D eigenvalue weighted by molar-refractivity contribution is 1.29. The van der Waals surface area contributed by atoms with Gasteiger partial charge in [-0.3, -0.25) is 4.98 Å².